The molecular weight excluding hydrogens is 221 g/mol. The molecule has 1 atom stereocenters. The minimum atomic E-state index is -4.60. The van der Waals surface area contributed by atoms with Crippen molar-refractivity contribution in [2.24, 2.45) is 5.92 Å². The number of hydrogen-bond acceptors (Lipinski definition) is 3. The first kappa shape index (κ1) is 13.6. The van der Waals surface area contributed by atoms with E-state index < -0.39 is 24.9 Å². The number of carboxylic acids is 1. The van der Waals surface area contributed by atoms with E-state index in [0.29, 0.717) is 0 Å². The zero-order valence-electron chi connectivity index (χ0n) is 7.50. The van der Waals surface area contributed by atoms with Crippen molar-refractivity contribution >= 4 is 17.7 Å². The number of ether oxygens (including phenoxy) is 1. The van der Waals surface area contributed by atoms with Gasteiger partial charge in [0.1, 0.15) is 0 Å². The SMILES string of the molecule is CC(CSCCOC(F)(F)F)C(=O)O. The van der Waals surface area contributed by atoms with E-state index in [-0.39, 0.29) is 11.5 Å². The molecule has 0 aliphatic rings. The second-order valence-corrected chi connectivity index (χ2v) is 3.76. The molecule has 84 valence electrons. The largest absolute Gasteiger partial charge is 0.522 e. The van der Waals surface area contributed by atoms with Crippen molar-refractivity contribution in [3.8, 4) is 0 Å². The van der Waals surface area contributed by atoms with Crippen LogP contribution in [0.4, 0.5) is 13.2 Å². The summed E-state index contributed by atoms with van der Waals surface area (Å²) in [5.74, 6) is -1.08. The van der Waals surface area contributed by atoms with Crippen LogP contribution in [0.5, 0.6) is 0 Å². The van der Waals surface area contributed by atoms with Gasteiger partial charge in [0.05, 0.1) is 12.5 Å². The van der Waals surface area contributed by atoms with E-state index >= 15 is 0 Å². The van der Waals surface area contributed by atoms with Crippen molar-refractivity contribution in [3.63, 3.8) is 0 Å². The molecule has 0 fully saturated rings. The van der Waals surface area contributed by atoms with Gasteiger partial charge in [0.15, 0.2) is 0 Å². The highest BCUT2D eigenvalue weighted by atomic mass is 32.2. The second-order valence-electron chi connectivity index (χ2n) is 2.61. The molecule has 0 heterocycles. The zero-order chi connectivity index (χ0) is 11.2. The van der Waals surface area contributed by atoms with Gasteiger partial charge in [-0.05, 0) is 0 Å². The molecule has 3 nitrogen and oxygen atoms in total. The smallest absolute Gasteiger partial charge is 0.481 e. The molecule has 0 aliphatic carbocycles. The fourth-order valence-electron chi connectivity index (χ4n) is 0.548. The summed E-state index contributed by atoms with van der Waals surface area (Å²) >= 11 is 1.12. The molecule has 0 spiro atoms. The highest BCUT2D eigenvalue weighted by Crippen LogP contribution is 2.17. The Morgan fingerprint density at radius 1 is 1.57 bits per heavy atom. The zero-order valence-corrected chi connectivity index (χ0v) is 8.32. The van der Waals surface area contributed by atoms with E-state index in [0.717, 1.165) is 11.8 Å². The lowest BCUT2D eigenvalue weighted by Gasteiger charge is -2.08. The Labute approximate surface area is 83.6 Å². The molecule has 14 heavy (non-hydrogen) atoms. The molecule has 0 aromatic rings. The summed E-state index contributed by atoms with van der Waals surface area (Å²) in [7, 11) is 0. The standard InChI is InChI=1S/C7H11F3O3S/c1-5(6(11)12)4-14-3-2-13-7(8,9)10/h5H,2-4H2,1H3,(H,11,12). The fourth-order valence-corrected chi connectivity index (χ4v) is 1.41. The number of alkyl halides is 3. The molecule has 0 rings (SSSR count). The van der Waals surface area contributed by atoms with Crippen LogP contribution < -0.4 is 0 Å². The molecule has 0 radical (unpaired) electrons. The molecular formula is C7H11F3O3S. The molecule has 0 bridgehead atoms. The van der Waals surface area contributed by atoms with Gasteiger partial charge < -0.3 is 5.11 Å². The van der Waals surface area contributed by atoms with Crippen LogP contribution in [-0.4, -0.2) is 35.6 Å². The third-order valence-electron chi connectivity index (χ3n) is 1.28. The van der Waals surface area contributed by atoms with Gasteiger partial charge in [-0.1, -0.05) is 6.92 Å². The van der Waals surface area contributed by atoms with Gasteiger partial charge in [-0.3, -0.25) is 9.53 Å². The van der Waals surface area contributed by atoms with Crippen molar-refractivity contribution in [3.05, 3.63) is 0 Å². The number of carbonyl (C=O) groups is 1. The fraction of sp³-hybridized carbons (Fsp3) is 0.857. The number of carboxylic acid groups (broad SMARTS) is 1. The van der Waals surface area contributed by atoms with Crippen LogP contribution in [0.25, 0.3) is 0 Å². The third kappa shape index (κ3) is 8.18. The first-order valence-electron chi connectivity index (χ1n) is 3.84. The second kappa shape index (κ2) is 6.13. The summed E-state index contributed by atoms with van der Waals surface area (Å²) in [5.41, 5.74) is 0. The first-order chi connectivity index (χ1) is 6.33. The van der Waals surface area contributed by atoms with Crippen molar-refractivity contribution < 1.29 is 27.8 Å². The lowest BCUT2D eigenvalue weighted by molar-refractivity contribution is -0.322. The summed E-state index contributed by atoms with van der Waals surface area (Å²) in [6.07, 6.45) is -4.60. The van der Waals surface area contributed by atoms with Crippen LogP contribution >= 0.6 is 11.8 Å². The van der Waals surface area contributed by atoms with Gasteiger partial charge in [0.2, 0.25) is 0 Å². The Morgan fingerprint density at radius 3 is 2.57 bits per heavy atom. The Balaban J connectivity index is 3.35. The van der Waals surface area contributed by atoms with Crippen molar-refractivity contribution in [1.29, 1.82) is 0 Å². The summed E-state index contributed by atoms with van der Waals surface area (Å²) in [4.78, 5) is 10.3. The minimum absolute atomic E-state index is 0.136. The van der Waals surface area contributed by atoms with E-state index in [1.807, 2.05) is 0 Å². The van der Waals surface area contributed by atoms with Crippen LogP contribution in [0.1, 0.15) is 6.92 Å². The molecule has 1 unspecified atom stereocenters. The monoisotopic (exact) mass is 232 g/mol. The third-order valence-corrected chi connectivity index (χ3v) is 2.47. The lowest BCUT2D eigenvalue weighted by Crippen LogP contribution is -2.16. The number of rotatable bonds is 6. The van der Waals surface area contributed by atoms with E-state index in [9.17, 15) is 18.0 Å². The Kier molecular flexibility index (Phi) is 5.94. The van der Waals surface area contributed by atoms with Crippen LogP contribution in [0.2, 0.25) is 0 Å². The molecule has 0 amide bonds. The Morgan fingerprint density at radius 2 is 2.14 bits per heavy atom. The summed E-state index contributed by atoms with van der Waals surface area (Å²) < 4.78 is 37.8. The van der Waals surface area contributed by atoms with E-state index in [4.69, 9.17) is 5.11 Å². The number of halogens is 3. The average Bonchev–Trinajstić information content (AvgIpc) is 2.01. The highest BCUT2D eigenvalue weighted by molar-refractivity contribution is 7.99. The van der Waals surface area contributed by atoms with Crippen LogP contribution in [0.15, 0.2) is 0 Å². The van der Waals surface area contributed by atoms with Gasteiger partial charge in [0, 0.05) is 11.5 Å². The van der Waals surface area contributed by atoms with Gasteiger partial charge in [0.25, 0.3) is 0 Å². The Hall–Kier alpha value is -0.430. The first-order valence-corrected chi connectivity index (χ1v) is 4.99. The number of hydrogen-bond donors (Lipinski definition) is 1. The molecule has 7 heteroatoms. The predicted octanol–water partition coefficient (Wildman–Crippen LogP) is 1.98. The van der Waals surface area contributed by atoms with Gasteiger partial charge in [-0.2, -0.15) is 11.8 Å². The molecule has 0 saturated carbocycles. The Bertz CT molecular complexity index is 184. The normalized spacial score (nSPS) is 14.0. The van der Waals surface area contributed by atoms with E-state index in [1.54, 1.807) is 0 Å². The summed E-state index contributed by atoms with van der Waals surface area (Å²) in [6.45, 7) is 1.06. The number of aliphatic carboxylic acids is 1. The molecule has 0 aromatic carbocycles. The van der Waals surface area contributed by atoms with Crippen LogP contribution in [0.3, 0.4) is 0 Å². The summed E-state index contributed by atoms with van der Waals surface area (Å²) in [6, 6.07) is 0. The van der Waals surface area contributed by atoms with E-state index in [2.05, 4.69) is 4.74 Å². The maximum absolute atomic E-state index is 11.4. The average molecular weight is 232 g/mol. The van der Waals surface area contributed by atoms with Crippen molar-refractivity contribution in [2.75, 3.05) is 18.1 Å². The maximum Gasteiger partial charge on any atom is 0.522 e. The topological polar surface area (TPSA) is 46.5 Å². The van der Waals surface area contributed by atoms with Crippen molar-refractivity contribution in [2.45, 2.75) is 13.3 Å². The molecule has 1 N–H and O–H groups in total. The van der Waals surface area contributed by atoms with Crippen molar-refractivity contribution in [1.82, 2.24) is 0 Å². The lowest BCUT2D eigenvalue weighted by atomic mass is 10.2. The van der Waals surface area contributed by atoms with Gasteiger partial charge in [-0.25, -0.2) is 0 Å². The summed E-state index contributed by atoms with van der Waals surface area (Å²) in [5, 5.41) is 8.44. The van der Waals surface area contributed by atoms with E-state index in [1.165, 1.54) is 6.92 Å². The predicted molar refractivity (Wildman–Crippen MR) is 46.1 cm³/mol. The minimum Gasteiger partial charge on any atom is -0.481 e. The molecule has 0 aromatic heterocycles. The maximum atomic E-state index is 11.4. The van der Waals surface area contributed by atoms with Crippen LogP contribution in [0, 0.1) is 5.92 Å². The quantitative estimate of drug-likeness (QED) is 0.711. The molecule has 0 aliphatic heterocycles. The number of thioether (sulfide) groups is 1. The highest BCUT2D eigenvalue weighted by Gasteiger charge is 2.28. The van der Waals surface area contributed by atoms with Gasteiger partial charge >= 0.3 is 12.3 Å². The van der Waals surface area contributed by atoms with Gasteiger partial charge in [-0.15, -0.1) is 13.2 Å². The molecule has 0 saturated heterocycles. The van der Waals surface area contributed by atoms with Crippen LogP contribution in [-0.2, 0) is 9.53 Å².